The average molecular weight is 437 g/mol. The van der Waals surface area contributed by atoms with Crippen molar-refractivity contribution in [2.24, 2.45) is 0 Å². The number of aromatic hydroxyl groups is 1. The van der Waals surface area contributed by atoms with E-state index in [-0.39, 0.29) is 52.4 Å². The lowest BCUT2D eigenvalue weighted by molar-refractivity contribution is 0.100. The first-order valence-corrected chi connectivity index (χ1v) is 10.6. The second-order valence-corrected chi connectivity index (χ2v) is 8.07. The lowest BCUT2D eigenvalue weighted by Gasteiger charge is -2.17. The first-order valence-electron chi connectivity index (χ1n) is 8.74. The fourth-order valence-electron chi connectivity index (χ4n) is 2.68. The first-order chi connectivity index (χ1) is 14.0. The Morgan fingerprint density at radius 2 is 1.50 bits per heavy atom. The van der Waals surface area contributed by atoms with E-state index in [2.05, 4.69) is 5.32 Å². The highest BCUT2D eigenvalue weighted by atomic mass is 32.2. The number of carbonyl (C=O) groups is 2. The van der Waals surface area contributed by atoms with Gasteiger partial charge in [0.1, 0.15) is 0 Å². The summed E-state index contributed by atoms with van der Waals surface area (Å²) in [5, 5.41) is 13.3. The Morgan fingerprint density at radius 1 is 0.967 bits per heavy atom. The van der Waals surface area contributed by atoms with Crippen molar-refractivity contribution in [1.82, 2.24) is 0 Å². The predicted octanol–water partition coefficient (Wildman–Crippen LogP) is 2.77. The van der Waals surface area contributed by atoms with Crippen molar-refractivity contribution < 1.29 is 36.8 Å². The zero-order valence-corrected chi connectivity index (χ0v) is 18.0. The normalized spacial score (nSPS) is 11.0. The number of phenols is 1. The number of rotatable bonds is 9. The van der Waals surface area contributed by atoms with E-state index in [4.69, 9.17) is 13.7 Å². The van der Waals surface area contributed by atoms with E-state index in [0.717, 1.165) is 6.26 Å². The van der Waals surface area contributed by atoms with E-state index >= 15 is 0 Å². The van der Waals surface area contributed by atoms with Gasteiger partial charge in [-0.2, -0.15) is 8.42 Å². The smallest absolute Gasteiger partial charge is 0.306 e. The molecule has 0 fully saturated rings. The molecule has 0 aliphatic heterocycles. The second-order valence-electron chi connectivity index (χ2n) is 6.49. The number of anilines is 1. The fraction of sp³-hybridized carbons (Fsp3) is 0.300. The molecule has 0 aliphatic carbocycles. The molecule has 0 aromatic heterocycles. The predicted molar refractivity (Wildman–Crippen MR) is 110 cm³/mol. The van der Waals surface area contributed by atoms with Crippen LogP contribution in [0.25, 0.3) is 0 Å². The molecule has 0 amide bonds. The summed E-state index contributed by atoms with van der Waals surface area (Å²) in [5.74, 6) is -0.673. The number of nitrogens with one attached hydrogen (secondary N) is 1. The highest BCUT2D eigenvalue weighted by Crippen LogP contribution is 2.39. The molecular weight excluding hydrogens is 414 g/mol. The molecule has 30 heavy (non-hydrogen) atoms. The van der Waals surface area contributed by atoms with Gasteiger partial charge in [-0.05, 0) is 38.1 Å². The van der Waals surface area contributed by atoms with Gasteiger partial charge in [0.25, 0.3) is 0 Å². The number of hydrogen-bond donors (Lipinski definition) is 2. The molecule has 2 rings (SSSR count). The molecule has 0 bridgehead atoms. The molecule has 9 nitrogen and oxygen atoms in total. The number of phenolic OH excluding ortho intramolecular Hbond substituents is 1. The summed E-state index contributed by atoms with van der Waals surface area (Å²) in [7, 11) is -1.24. The quantitative estimate of drug-likeness (QED) is 0.449. The maximum Gasteiger partial charge on any atom is 0.306 e. The van der Waals surface area contributed by atoms with Gasteiger partial charge in [-0.25, -0.2) is 0 Å². The van der Waals surface area contributed by atoms with Crippen molar-refractivity contribution in [1.29, 1.82) is 0 Å². The number of benzene rings is 2. The van der Waals surface area contributed by atoms with Gasteiger partial charge >= 0.3 is 10.1 Å². The second kappa shape index (κ2) is 9.04. The van der Waals surface area contributed by atoms with Crippen LogP contribution in [0, 0.1) is 0 Å². The molecule has 0 saturated carbocycles. The van der Waals surface area contributed by atoms with Crippen LogP contribution in [-0.2, 0) is 16.7 Å². The maximum atomic E-state index is 11.9. The van der Waals surface area contributed by atoms with Crippen molar-refractivity contribution in [3.8, 4) is 23.0 Å². The molecule has 0 radical (unpaired) electrons. The third-order valence-corrected chi connectivity index (χ3v) is 4.64. The molecule has 0 unspecified atom stereocenters. The van der Waals surface area contributed by atoms with Crippen molar-refractivity contribution in [3.05, 3.63) is 41.0 Å². The Balaban J connectivity index is 2.54. The molecule has 0 saturated heterocycles. The van der Waals surface area contributed by atoms with E-state index < -0.39 is 10.1 Å². The zero-order valence-electron chi connectivity index (χ0n) is 17.2. The lowest BCUT2D eigenvalue weighted by Crippen LogP contribution is -2.11. The Bertz CT molecular complexity index is 1090. The van der Waals surface area contributed by atoms with Crippen LogP contribution in [-0.4, -0.2) is 45.6 Å². The van der Waals surface area contributed by atoms with Crippen molar-refractivity contribution in [3.63, 3.8) is 0 Å². The van der Waals surface area contributed by atoms with E-state index in [1.807, 2.05) is 0 Å². The van der Waals surface area contributed by atoms with Crippen LogP contribution in [0.5, 0.6) is 23.0 Å². The molecule has 10 heteroatoms. The monoisotopic (exact) mass is 437 g/mol. The third-order valence-electron chi connectivity index (χ3n) is 4.17. The number of ether oxygens (including phenoxy) is 2. The molecule has 0 heterocycles. The average Bonchev–Trinajstić information content (AvgIpc) is 2.66. The summed E-state index contributed by atoms with van der Waals surface area (Å²) >= 11 is 0. The summed E-state index contributed by atoms with van der Waals surface area (Å²) < 4.78 is 38.8. The number of carbonyl (C=O) groups excluding carboxylic acids is 2. The summed E-state index contributed by atoms with van der Waals surface area (Å²) in [5.41, 5.74) is 1.05. The van der Waals surface area contributed by atoms with E-state index in [9.17, 15) is 23.1 Å². The molecule has 162 valence electrons. The Morgan fingerprint density at radius 3 is 2.00 bits per heavy atom. The van der Waals surface area contributed by atoms with Gasteiger partial charge in [-0.3, -0.25) is 9.59 Å². The van der Waals surface area contributed by atoms with Crippen molar-refractivity contribution in [2.45, 2.75) is 20.4 Å². The molecule has 2 aromatic rings. The number of methoxy groups -OCH3 is 2. The standard InChI is InChI=1S/C20H23NO8S/c1-11(22)13-6-15(19(24)17(8-13)27-3)10-21-16-7-14(12(2)23)9-18(28-4)20(16)29-30(5,25)26/h6-9,21,24H,10H2,1-5H3. The van der Waals surface area contributed by atoms with Crippen LogP contribution in [0.15, 0.2) is 24.3 Å². The Labute approximate surface area is 174 Å². The third kappa shape index (κ3) is 5.41. The van der Waals surface area contributed by atoms with Gasteiger partial charge in [-0.1, -0.05) is 0 Å². The summed E-state index contributed by atoms with van der Waals surface area (Å²) in [4.78, 5) is 23.6. The minimum Gasteiger partial charge on any atom is -0.504 e. The zero-order chi connectivity index (χ0) is 22.6. The minimum atomic E-state index is -3.90. The number of Topliss-reactive ketones (excluding diaryl/α,β-unsaturated/α-hetero) is 2. The van der Waals surface area contributed by atoms with Crippen LogP contribution in [0.2, 0.25) is 0 Å². The van der Waals surface area contributed by atoms with E-state index in [0.29, 0.717) is 11.1 Å². The lowest BCUT2D eigenvalue weighted by atomic mass is 10.1. The Hall–Kier alpha value is -3.27. The molecule has 2 aromatic carbocycles. The maximum absolute atomic E-state index is 11.9. The minimum absolute atomic E-state index is 0.0338. The highest BCUT2D eigenvalue weighted by molar-refractivity contribution is 7.86. The molecule has 0 atom stereocenters. The Kier molecular flexibility index (Phi) is 6.93. The van der Waals surface area contributed by atoms with Gasteiger partial charge in [0.2, 0.25) is 5.75 Å². The fourth-order valence-corrected chi connectivity index (χ4v) is 3.15. The summed E-state index contributed by atoms with van der Waals surface area (Å²) in [6.07, 6.45) is 0.877. The number of ketones is 2. The van der Waals surface area contributed by atoms with E-state index in [1.54, 1.807) is 0 Å². The van der Waals surface area contributed by atoms with Crippen LogP contribution in [0.3, 0.4) is 0 Å². The van der Waals surface area contributed by atoms with Gasteiger partial charge in [-0.15, -0.1) is 0 Å². The van der Waals surface area contributed by atoms with Crippen molar-refractivity contribution >= 4 is 27.4 Å². The molecule has 2 N–H and O–H groups in total. The van der Waals surface area contributed by atoms with Gasteiger partial charge in [0.05, 0.1) is 26.2 Å². The molecular formula is C20H23NO8S. The molecule has 0 aliphatic rings. The number of hydrogen-bond acceptors (Lipinski definition) is 9. The topological polar surface area (TPSA) is 128 Å². The summed E-state index contributed by atoms with van der Waals surface area (Å²) in [6, 6.07) is 5.68. The van der Waals surface area contributed by atoms with Gasteiger partial charge < -0.3 is 24.1 Å². The largest absolute Gasteiger partial charge is 0.504 e. The van der Waals surface area contributed by atoms with Crippen molar-refractivity contribution in [2.75, 3.05) is 25.8 Å². The van der Waals surface area contributed by atoms with Crippen LogP contribution in [0.4, 0.5) is 5.69 Å². The van der Waals surface area contributed by atoms with Crippen LogP contribution < -0.4 is 19.0 Å². The SMILES string of the molecule is COc1cc(C(C)=O)cc(CNc2cc(C(C)=O)cc(OC)c2OS(C)(=O)=O)c1O. The van der Waals surface area contributed by atoms with Crippen LogP contribution in [0.1, 0.15) is 40.1 Å². The van der Waals surface area contributed by atoms with Gasteiger partial charge in [0.15, 0.2) is 28.8 Å². The molecule has 0 spiro atoms. The van der Waals surface area contributed by atoms with Gasteiger partial charge in [0, 0.05) is 23.2 Å². The van der Waals surface area contributed by atoms with E-state index in [1.165, 1.54) is 52.3 Å². The first kappa shape index (κ1) is 23.0. The van der Waals surface area contributed by atoms with Crippen LogP contribution >= 0.6 is 0 Å². The highest BCUT2D eigenvalue weighted by Gasteiger charge is 2.20. The summed E-state index contributed by atoms with van der Waals surface area (Å²) in [6.45, 7) is 2.69.